The smallest absolute Gasteiger partial charge is 0.308 e. The molecule has 0 amide bonds. The molecule has 2 rings (SSSR count). The molecule has 1 saturated heterocycles. The van der Waals surface area contributed by atoms with Crippen LogP contribution in [0.15, 0.2) is 0 Å². The number of hydrogen-bond donors (Lipinski definition) is 4. The molecule has 9 nitrogen and oxygen atoms in total. The molecule has 1 saturated carbocycles. The first-order valence-electron chi connectivity index (χ1n) is 9.15. The molecule has 9 heteroatoms. The highest BCUT2D eigenvalue weighted by atomic mass is 16.7. The van der Waals surface area contributed by atoms with Crippen molar-refractivity contribution < 1.29 is 44.3 Å². The molecule has 2 atom stereocenters. The zero-order chi connectivity index (χ0) is 20.3. The first kappa shape index (κ1) is 21.1. The lowest BCUT2D eigenvalue weighted by atomic mass is 9.51. The quantitative estimate of drug-likeness (QED) is 0.433. The third-order valence-electron chi connectivity index (χ3n) is 6.27. The van der Waals surface area contributed by atoms with Crippen LogP contribution in [-0.4, -0.2) is 50.1 Å². The SMILES string of the molecule is O=C(O)CCC1(CCC(=O)O)CCCC2(CCC(=O)O)CCC(=O)OC12O. The van der Waals surface area contributed by atoms with Gasteiger partial charge in [0.15, 0.2) is 0 Å². The average Bonchev–Trinajstić information content (AvgIpc) is 2.57. The number of esters is 1. The van der Waals surface area contributed by atoms with Crippen LogP contribution in [0.4, 0.5) is 0 Å². The van der Waals surface area contributed by atoms with Gasteiger partial charge in [0.05, 0.1) is 0 Å². The lowest BCUT2D eigenvalue weighted by molar-refractivity contribution is -0.352. The van der Waals surface area contributed by atoms with E-state index in [9.17, 15) is 24.3 Å². The van der Waals surface area contributed by atoms with Crippen molar-refractivity contribution in [2.45, 2.75) is 76.4 Å². The zero-order valence-electron chi connectivity index (χ0n) is 15.1. The highest BCUT2D eigenvalue weighted by Gasteiger charge is 2.67. The summed E-state index contributed by atoms with van der Waals surface area (Å²) in [7, 11) is 0. The molecule has 27 heavy (non-hydrogen) atoms. The van der Waals surface area contributed by atoms with Crippen molar-refractivity contribution >= 4 is 23.9 Å². The van der Waals surface area contributed by atoms with Gasteiger partial charge in [0.2, 0.25) is 5.79 Å². The number of hydrogen-bond acceptors (Lipinski definition) is 6. The van der Waals surface area contributed by atoms with Crippen molar-refractivity contribution in [3.63, 3.8) is 0 Å². The minimum absolute atomic E-state index is 0.0376. The van der Waals surface area contributed by atoms with Crippen molar-refractivity contribution in [1.82, 2.24) is 0 Å². The predicted octanol–water partition coefficient (Wildman–Crippen LogP) is 1.76. The van der Waals surface area contributed by atoms with E-state index in [2.05, 4.69) is 0 Å². The minimum Gasteiger partial charge on any atom is -0.481 e. The topological polar surface area (TPSA) is 158 Å². The standard InChI is InChI=1S/C18H26O9/c19-12(20)2-8-16(9-3-13(21)22)6-1-7-17(10-4-14(23)24)11-5-15(25)27-18(16,17)26/h26H,1-11H2,(H,19,20)(H,21,22)(H,23,24). The van der Waals surface area contributed by atoms with Crippen LogP contribution in [0.3, 0.4) is 0 Å². The molecule has 0 spiro atoms. The lowest BCUT2D eigenvalue weighted by Crippen LogP contribution is -2.66. The van der Waals surface area contributed by atoms with Crippen molar-refractivity contribution in [3.8, 4) is 0 Å². The Labute approximate surface area is 156 Å². The summed E-state index contributed by atoms with van der Waals surface area (Å²) in [6.45, 7) is 0. The molecule has 2 fully saturated rings. The maximum absolute atomic E-state index is 12.0. The Kier molecular flexibility index (Phi) is 6.14. The van der Waals surface area contributed by atoms with E-state index in [1.807, 2.05) is 0 Å². The number of carboxylic acids is 3. The van der Waals surface area contributed by atoms with Gasteiger partial charge >= 0.3 is 23.9 Å². The van der Waals surface area contributed by atoms with E-state index in [1.165, 1.54) is 0 Å². The average molecular weight is 386 g/mol. The number of rotatable bonds is 9. The molecule has 0 aromatic heterocycles. The van der Waals surface area contributed by atoms with Crippen LogP contribution < -0.4 is 0 Å². The molecule has 1 aliphatic carbocycles. The van der Waals surface area contributed by atoms with Gasteiger partial charge in [-0.25, -0.2) is 0 Å². The third-order valence-corrected chi connectivity index (χ3v) is 6.27. The van der Waals surface area contributed by atoms with E-state index in [0.717, 1.165) is 0 Å². The van der Waals surface area contributed by atoms with Crippen LogP contribution in [0.2, 0.25) is 0 Å². The van der Waals surface area contributed by atoms with Crippen molar-refractivity contribution in [2.75, 3.05) is 0 Å². The molecule has 1 heterocycles. The van der Waals surface area contributed by atoms with Gasteiger partial charge < -0.3 is 25.2 Å². The van der Waals surface area contributed by atoms with E-state index in [0.29, 0.717) is 19.3 Å². The highest BCUT2D eigenvalue weighted by molar-refractivity contribution is 5.72. The maximum atomic E-state index is 12.0. The van der Waals surface area contributed by atoms with Crippen LogP contribution in [0.5, 0.6) is 0 Å². The lowest BCUT2D eigenvalue weighted by Gasteiger charge is -2.61. The molecule has 2 unspecified atom stereocenters. The summed E-state index contributed by atoms with van der Waals surface area (Å²) in [5.41, 5.74) is -2.26. The van der Waals surface area contributed by atoms with E-state index >= 15 is 0 Å². The van der Waals surface area contributed by atoms with Crippen LogP contribution in [0, 0.1) is 10.8 Å². The van der Waals surface area contributed by atoms with E-state index < -0.39 is 40.5 Å². The summed E-state index contributed by atoms with van der Waals surface area (Å²) in [6, 6.07) is 0. The van der Waals surface area contributed by atoms with E-state index in [-0.39, 0.29) is 51.4 Å². The van der Waals surface area contributed by atoms with Gasteiger partial charge in [-0.3, -0.25) is 19.2 Å². The Hall–Kier alpha value is -2.16. The first-order valence-corrected chi connectivity index (χ1v) is 9.15. The molecule has 1 aliphatic heterocycles. The first-order chi connectivity index (χ1) is 12.6. The number of carbonyl (C=O) groups excluding carboxylic acids is 1. The largest absolute Gasteiger partial charge is 0.481 e. The molecule has 0 radical (unpaired) electrons. The van der Waals surface area contributed by atoms with Gasteiger partial charge in [0.1, 0.15) is 0 Å². The summed E-state index contributed by atoms with van der Waals surface area (Å²) < 4.78 is 5.43. The van der Waals surface area contributed by atoms with Gasteiger partial charge in [0.25, 0.3) is 0 Å². The summed E-state index contributed by atoms with van der Waals surface area (Å²) >= 11 is 0. The molecule has 0 aromatic carbocycles. The Balaban J connectivity index is 2.48. The van der Waals surface area contributed by atoms with Gasteiger partial charge in [-0.05, 0) is 38.5 Å². The normalized spacial score (nSPS) is 29.4. The molecule has 0 aromatic rings. The second-order valence-electron chi connectivity index (χ2n) is 7.71. The third kappa shape index (κ3) is 4.07. The molecular weight excluding hydrogens is 360 g/mol. The second-order valence-corrected chi connectivity index (χ2v) is 7.71. The van der Waals surface area contributed by atoms with Gasteiger partial charge in [-0.15, -0.1) is 0 Å². The predicted molar refractivity (Wildman–Crippen MR) is 89.6 cm³/mol. The second kappa shape index (κ2) is 7.84. The van der Waals surface area contributed by atoms with Gasteiger partial charge in [-0.2, -0.15) is 0 Å². The Morgan fingerprint density at radius 2 is 1.37 bits per heavy atom. The summed E-state index contributed by atoms with van der Waals surface area (Å²) in [4.78, 5) is 45.5. The molecular formula is C18H26O9. The number of aliphatic hydroxyl groups is 1. The molecule has 2 aliphatic rings. The molecule has 0 bridgehead atoms. The molecule has 4 N–H and O–H groups in total. The van der Waals surface area contributed by atoms with E-state index in [1.54, 1.807) is 0 Å². The number of carboxylic acid groups (broad SMARTS) is 3. The minimum atomic E-state index is -2.08. The Morgan fingerprint density at radius 1 is 0.852 bits per heavy atom. The summed E-state index contributed by atoms with van der Waals surface area (Å²) in [5, 5.41) is 39.0. The fourth-order valence-corrected chi connectivity index (χ4v) is 4.91. The van der Waals surface area contributed by atoms with Crippen molar-refractivity contribution in [1.29, 1.82) is 0 Å². The van der Waals surface area contributed by atoms with Crippen LogP contribution >= 0.6 is 0 Å². The monoisotopic (exact) mass is 386 g/mol. The zero-order valence-corrected chi connectivity index (χ0v) is 15.1. The van der Waals surface area contributed by atoms with Crippen molar-refractivity contribution in [3.05, 3.63) is 0 Å². The summed E-state index contributed by atoms with van der Waals surface area (Å²) in [5.74, 6) is -5.96. The van der Waals surface area contributed by atoms with Gasteiger partial charge in [0, 0.05) is 36.5 Å². The number of ether oxygens (including phenoxy) is 1. The summed E-state index contributed by atoms with van der Waals surface area (Å²) in [6.07, 6.45) is 0.720. The van der Waals surface area contributed by atoms with E-state index in [4.69, 9.17) is 20.1 Å². The number of fused-ring (bicyclic) bond motifs is 1. The fourth-order valence-electron chi connectivity index (χ4n) is 4.91. The van der Waals surface area contributed by atoms with Crippen molar-refractivity contribution in [2.24, 2.45) is 10.8 Å². The Bertz CT molecular complexity index is 610. The van der Waals surface area contributed by atoms with Crippen LogP contribution in [0.25, 0.3) is 0 Å². The molecule has 152 valence electrons. The fraction of sp³-hybridized carbons (Fsp3) is 0.778. The maximum Gasteiger partial charge on any atom is 0.308 e. The number of aliphatic carboxylic acids is 3. The number of carbonyl (C=O) groups is 4. The van der Waals surface area contributed by atoms with Crippen LogP contribution in [-0.2, 0) is 23.9 Å². The van der Waals surface area contributed by atoms with Gasteiger partial charge in [-0.1, -0.05) is 6.42 Å². The highest BCUT2D eigenvalue weighted by Crippen LogP contribution is 2.63. The van der Waals surface area contributed by atoms with Crippen LogP contribution in [0.1, 0.15) is 70.6 Å². The Morgan fingerprint density at radius 3 is 1.89 bits per heavy atom.